The fourth-order valence-corrected chi connectivity index (χ4v) is 1.69. The summed E-state index contributed by atoms with van der Waals surface area (Å²) in [6, 6.07) is 8.85. The van der Waals surface area contributed by atoms with Gasteiger partial charge in [-0.2, -0.15) is 0 Å². The second kappa shape index (κ2) is 4.76. The summed E-state index contributed by atoms with van der Waals surface area (Å²) in [5, 5.41) is 2.77. The van der Waals surface area contributed by atoms with Crippen LogP contribution in [0, 0.1) is 0 Å². The number of methoxy groups -OCH3 is 1. The van der Waals surface area contributed by atoms with Crippen LogP contribution >= 0.6 is 11.5 Å². The fourth-order valence-electron chi connectivity index (χ4n) is 1.20. The number of aromatic nitrogens is 1. The number of rotatable bonds is 3. The first-order chi connectivity index (χ1) is 7.79. The van der Waals surface area contributed by atoms with Gasteiger partial charge in [0, 0.05) is 11.9 Å². The Kier molecular flexibility index (Phi) is 3.16. The van der Waals surface area contributed by atoms with Crippen molar-refractivity contribution in [3.8, 4) is 5.75 Å². The lowest BCUT2D eigenvalue weighted by Gasteiger charge is -2.04. The molecule has 1 heterocycles. The van der Waals surface area contributed by atoms with Gasteiger partial charge in [0.05, 0.1) is 7.11 Å². The summed E-state index contributed by atoms with van der Waals surface area (Å²) < 4.78 is 8.90. The molecule has 5 heteroatoms. The van der Waals surface area contributed by atoms with Crippen LogP contribution in [0.5, 0.6) is 5.75 Å². The Morgan fingerprint density at radius 2 is 2.06 bits per heavy atom. The molecule has 0 saturated heterocycles. The lowest BCUT2D eigenvalue weighted by Crippen LogP contribution is -2.09. The Morgan fingerprint density at radius 3 is 2.62 bits per heavy atom. The molecule has 0 unspecified atom stereocenters. The van der Waals surface area contributed by atoms with E-state index in [4.69, 9.17) is 4.74 Å². The third-order valence-corrected chi connectivity index (χ3v) is 2.75. The van der Waals surface area contributed by atoms with Gasteiger partial charge in [0.15, 0.2) is 0 Å². The molecule has 1 aromatic carbocycles. The number of ether oxygens (including phenoxy) is 1. The van der Waals surface area contributed by atoms with Crippen LogP contribution in [-0.4, -0.2) is 17.4 Å². The molecule has 1 aromatic heterocycles. The highest BCUT2D eigenvalue weighted by atomic mass is 32.1. The van der Waals surface area contributed by atoms with Crippen molar-refractivity contribution in [3.05, 3.63) is 41.4 Å². The van der Waals surface area contributed by atoms with Crippen molar-refractivity contribution in [3.63, 3.8) is 0 Å². The highest BCUT2D eigenvalue weighted by Crippen LogP contribution is 2.16. The molecule has 16 heavy (non-hydrogen) atoms. The summed E-state index contributed by atoms with van der Waals surface area (Å²) in [7, 11) is 1.60. The minimum atomic E-state index is -0.146. The number of anilines is 1. The molecule has 2 aromatic rings. The van der Waals surface area contributed by atoms with E-state index in [-0.39, 0.29) is 5.91 Å². The molecule has 0 fully saturated rings. The van der Waals surface area contributed by atoms with Gasteiger partial charge >= 0.3 is 0 Å². The van der Waals surface area contributed by atoms with Crippen LogP contribution in [0.3, 0.4) is 0 Å². The number of amides is 1. The van der Waals surface area contributed by atoms with Crippen LogP contribution in [0.2, 0.25) is 0 Å². The SMILES string of the molecule is COc1ccc(NC(=O)c2ccns2)cc1. The largest absolute Gasteiger partial charge is 0.497 e. The molecule has 0 aliphatic heterocycles. The average molecular weight is 234 g/mol. The maximum atomic E-state index is 11.7. The summed E-state index contributed by atoms with van der Waals surface area (Å²) >= 11 is 1.17. The van der Waals surface area contributed by atoms with Crippen molar-refractivity contribution in [2.24, 2.45) is 0 Å². The van der Waals surface area contributed by atoms with Gasteiger partial charge in [-0.25, -0.2) is 4.37 Å². The van der Waals surface area contributed by atoms with E-state index in [1.165, 1.54) is 11.5 Å². The van der Waals surface area contributed by atoms with Gasteiger partial charge in [-0.3, -0.25) is 4.79 Å². The van der Waals surface area contributed by atoms with Crippen molar-refractivity contribution in [2.45, 2.75) is 0 Å². The van der Waals surface area contributed by atoms with E-state index in [0.717, 1.165) is 11.4 Å². The maximum absolute atomic E-state index is 11.7. The molecular weight excluding hydrogens is 224 g/mol. The lowest BCUT2D eigenvalue weighted by atomic mass is 10.3. The maximum Gasteiger partial charge on any atom is 0.267 e. The quantitative estimate of drug-likeness (QED) is 0.887. The van der Waals surface area contributed by atoms with Gasteiger partial charge in [0.2, 0.25) is 0 Å². The first-order valence-corrected chi connectivity index (χ1v) is 5.43. The molecule has 0 aliphatic carbocycles. The first-order valence-electron chi connectivity index (χ1n) is 4.65. The monoisotopic (exact) mass is 234 g/mol. The number of hydrogen-bond acceptors (Lipinski definition) is 4. The number of nitrogens with zero attached hydrogens (tertiary/aromatic N) is 1. The van der Waals surface area contributed by atoms with Gasteiger partial charge in [-0.15, -0.1) is 0 Å². The zero-order chi connectivity index (χ0) is 11.4. The number of benzene rings is 1. The molecule has 2 rings (SSSR count). The van der Waals surface area contributed by atoms with Crippen LogP contribution in [0.4, 0.5) is 5.69 Å². The van der Waals surface area contributed by atoms with Crippen molar-refractivity contribution >= 4 is 23.1 Å². The van der Waals surface area contributed by atoms with E-state index in [1.54, 1.807) is 43.6 Å². The number of hydrogen-bond donors (Lipinski definition) is 1. The van der Waals surface area contributed by atoms with E-state index in [9.17, 15) is 4.79 Å². The predicted molar refractivity (Wildman–Crippen MR) is 63.1 cm³/mol. The number of carbonyl (C=O) groups excluding carboxylic acids is 1. The van der Waals surface area contributed by atoms with Crippen LogP contribution in [0.1, 0.15) is 9.67 Å². The topological polar surface area (TPSA) is 51.2 Å². The van der Waals surface area contributed by atoms with E-state index in [1.807, 2.05) is 0 Å². The standard InChI is InChI=1S/C11H10N2O2S/c1-15-9-4-2-8(3-5-9)13-11(14)10-6-7-12-16-10/h2-7H,1H3,(H,13,14). The Hall–Kier alpha value is -1.88. The average Bonchev–Trinajstić information content (AvgIpc) is 2.83. The van der Waals surface area contributed by atoms with Crippen LogP contribution in [0.15, 0.2) is 36.5 Å². The Bertz CT molecular complexity index is 465. The Morgan fingerprint density at radius 1 is 1.31 bits per heavy atom. The summed E-state index contributed by atoms with van der Waals surface area (Å²) in [5.74, 6) is 0.614. The molecule has 0 radical (unpaired) electrons. The second-order valence-corrected chi connectivity index (χ2v) is 3.89. The van der Waals surface area contributed by atoms with Crippen molar-refractivity contribution in [1.82, 2.24) is 4.37 Å². The van der Waals surface area contributed by atoms with Gasteiger partial charge in [-0.1, -0.05) is 0 Å². The summed E-state index contributed by atoms with van der Waals surface area (Å²) in [6.45, 7) is 0. The first kappa shape index (κ1) is 10.6. The molecule has 0 atom stereocenters. The second-order valence-electron chi connectivity index (χ2n) is 3.06. The summed E-state index contributed by atoms with van der Waals surface area (Å²) in [6.07, 6.45) is 1.60. The highest BCUT2D eigenvalue weighted by Gasteiger charge is 2.07. The molecule has 1 N–H and O–H groups in total. The zero-order valence-corrected chi connectivity index (χ0v) is 9.45. The number of carbonyl (C=O) groups is 1. The van der Waals surface area contributed by atoms with Gasteiger partial charge in [0.1, 0.15) is 10.6 Å². The van der Waals surface area contributed by atoms with E-state index < -0.39 is 0 Å². The molecule has 0 saturated carbocycles. The zero-order valence-electron chi connectivity index (χ0n) is 8.64. The number of nitrogens with one attached hydrogen (secondary N) is 1. The van der Waals surface area contributed by atoms with Crippen LogP contribution in [-0.2, 0) is 0 Å². The third kappa shape index (κ3) is 2.38. The molecule has 0 spiro atoms. The third-order valence-electron chi connectivity index (χ3n) is 2.01. The van der Waals surface area contributed by atoms with Gasteiger partial charge < -0.3 is 10.1 Å². The lowest BCUT2D eigenvalue weighted by molar-refractivity contribution is 0.103. The van der Waals surface area contributed by atoms with Crippen molar-refractivity contribution < 1.29 is 9.53 Å². The van der Waals surface area contributed by atoms with Gasteiger partial charge in [0.25, 0.3) is 5.91 Å². The highest BCUT2D eigenvalue weighted by molar-refractivity contribution is 7.08. The van der Waals surface area contributed by atoms with E-state index in [2.05, 4.69) is 9.69 Å². The molecule has 82 valence electrons. The molecule has 0 bridgehead atoms. The van der Waals surface area contributed by atoms with Crippen LogP contribution in [0.25, 0.3) is 0 Å². The van der Waals surface area contributed by atoms with Crippen molar-refractivity contribution in [2.75, 3.05) is 12.4 Å². The Labute approximate surface area is 97.0 Å². The fraction of sp³-hybridized carbons (Fsp3) is 0.0909. The summed E-state index contributed by atoms with van der Waals surface area (Å²) in [4.78, 5) is 12.3. The van der Waals surface area contributed by atoms with Crippen LogP contribution < -0.4 is 10.1 Å². The Balaban J connectivity index is 2.06. The smallest absolute Gasteiger partial charge is 0.267 e. The molecular formula is C11H10N2O2S. The normalized spacial score (nSPS) is 9.81. The molecule has 0 aliphatic rings. The van der Waals surface area contributed by atoms with E-state index in [0.29, 0.717) is 4.88 Å². The minimum absolute atomic E-state index is 0.146. The predicted octanol–water partition coefficient (Wildman–Crippen LogP) is 2.40. The minimum Gasteiger partial charge on any atom is -0.497 e. The molecule has 4 nitrogen and oxygen atoms in total. The van der Waals surface area contributed by atoms with E-state index >= 15 is 0 Å². The van der Waals surface area contributed by atoms with Gasteiger partial charge in [-0.05, 0) is 41.9 Å². The van der Waals surface area contributed by atoms with Crippen molar-refractivity contribution in [1.29, 1.82) is 0 Å². The summed E-state index contributed by atoms with van der Waals surface area (Å²) in [5.41, 5.74) is 0.735. The molecule has 1 amide bonds.